The number of rotatable bonds is 4. The summed E-state index contributed by atoms with van der Waals surface area (Å²) in [6.07, 6.45) is -0.495. The number of nitrogens with one attached hydrogen (secondary N) is 1. The van der Waals surface area contributed by atoms with Crippen molar-refractivity contribution in [1.82, 2.24) is 14.5 Å². The fourth-order valence-corrected chi connectivity index (χ4v) is 8.84. The van der Waals surface area contributed by atoms with Gasteiger partial charge in [0.25, 0.3) is 0 Å². The SMILES string of the molecule is c1ccc2cc(C3=NC(n4c5cc(-n6c7ccccc7c7ccccc76)ccc5c5cc6ccccc6cc54)NC(c4ccc5ccccc5c4)=N3)ccc2c1. The second kappa shape index (κ2) is 12.0. The van der Waals surface area contributed by atoms with Gasteiger partial charge in [0.05, 0.1) is 22.1 Å². The lowest BCUT2D eigenvalue weighted by molar-refractivity contribution is 0.516. The zero-order chi connectivity index (χ0) is 36.7. The van der Waals surface area contributed by atoms with Gasteiger partial charge in [-0.2, -0.15) is 0 Å². The molecule has 0 bridgehead atoms. The van der Waals surface area contributed by atoms with E-state index in [1.54, 1.807) is 0 Å². The van der Waals surface area contributed by atoms with E-state index in [2.05, 4.69) is 203 Å². The highest BCUT2D eigenvalue weighted by Gasteiger charge is 2.26. The van der Waals surface area contributed by atoms with Gasteiger partial charge in [0, 0.05) is 38.4 Å². The third-order valence-electron chi connectivity index (χ3n) is 11.5. The molecule has 1 atom stereocenters. The Bertz CT molecular complexity index is 3420. The number of nitrogens with zero attached hydrogens (tertiary/aromatic N) is 4. The number of amidine groups is 2. The molecule has 0 amide bonds. The van der Waals surface area contributed by atoms with Crippen LogP contribution in [0.5, 0.6) is 0 Å². The van der Waals surface area contributed by atoms with Crippen LogP contribution in [0.3, 0.4) is 0 Å². The molecule has 1 aliphatic heterocycles. The van der Waals surface area contributed by atoms with Crippen molar-refractivity contribution >= 4 is 87.6 Å². The van der Waals surface area contributed by atoms with Gasteiger partial charge >= 0.3 is 0 Å². The average Bonchev–Trinajstić information content (AvgIpc) is 3.77. The molecule has 1 aliphatic rings. The molecule has 0 fully saturated rings. The normalized spacial score (nSPS) is 14.6. The lowest BCUT2D eigenvalue weighted by atomic mass is 10.0. The zero-order valence-corrected chi connectivity index (χ0v) is 30.3. The summed E-state index contributed by atoms with van der Waals surface area (Å²) in [6, 6.07) is 67.6. The van der Waals surface area contributed by atoms with Crippen molar-refractivity contribution in [3.8, 4) is 5.69 Å². The summed E-state index contributed by atoms with van der Waals surface area (Å²) < 4.78 is 4.77. The van der Waals surface area contributed by atoms with Gasteiger partial charge in [-0.15, -0.1) is 0 Å². The maximum atomic E-state index is 5.49. The van der Waals surface area contributed by atoms with Crippen LogP contribution in [0.2, 0.25) is 0 Å². The van der Waals surface area contributed by atoms with E-state index < -0.39 is 6.29 Å². The predicted octanol–water partition coefficient (Wildman–Crippen LogP) is 12.3. The summed E-state index contributed by atoms with van der Waals surface area (Å²) in [4.78, 5) is 10.8. The highest BCUT2D eigenvalue weighted by molar-refractivity contribution is 6.17. The number of hydrogen-bond donors (Lipinski definition) is 1. The third-order valence-corrected chi connectivity index (χ3v) is 11.5. The molecular weight excluding hydrogens is 683 g/mol. The van der Waals surface area contributed by atoms with Crippen LogP contribution in [-0.2, 0) is 0 Å². The number of aromatic nitrogens is 2. The average molecular weight is 716 g/mol. The van der Waals surface area contributed by atoms with Gasteiger partial charge in [0.15, 0.2) is 5.84 Å². The maximum absolute atomic E-state index is 5.49. The first-order valence-electron chi connectivity index (χ1n) is 19.1. The van der Waals surface area contributed by atoms with Gasteiger partial charge in [-0.1, -0.05) is 140 Å². The largest absolute Gasteiger partial charge is 0.331 e. The van der Waals surface area contributed by atoms with E-state index in [9.17, 15) is 0 Å². The Balaban J connectivity index is 1.13. The molecule has 3 heterocycles. The minimum atomic E-state index is -0.495. The topological polar surface area (TPSA) is 46.6 Å². The number of fused-ring (bicyclic) bond motifs is 9. The molecule has 11 aromatic rings. The van der Waals surface area contributed by atoms with Crippen LogP contribution in [0.4, 0.5) is 0 Å². The summed E-state index contributed by atoms with van der Waals surface area (Å²) in [6.45, 7) is 0. The van der Waals surface area contributed by atoms with Crippen molar-refractivity contribution in [2.75, 3.05) is 0 Å². The van der Waals surface area contributed by atoms with Crippen LogP contribution in [0.15, 0.2) is 198 Å². The Morgan fingerprint density at radius 2 is 0.911 bits per heavy atom. The highest BCUT2D eigenvalue weighted by Crippen LogP contribution is 2.39. The monoisotopic (exact) mass is 715 g/mol. The fourth-order valence-electron chi connectivity index (χ4n) is 8.84. The molecule has 2 aromatic heterocycles. The first-order chi connectivity index (χ1) is 27.7. The van der Waals surface area contributed by atoms with Crippen LogP contribution in [0.1, 0.15) is 17.4 Å². The Hall–Kier alpha value is -7.50. The van der Waals surface area contributed by atoms with E-state index >= 15 is 0 Å². The molecule has 0 saturated carbocycles. The minimum absolute atomic E-state index is 0.495. The second-order valence-corrected chi connectivity index (χ2v) is 14.7. The lowest BCUT2D eigenvalue weighted by Gasteiger charge is -2.26. The molecule has 9 aromatic carbocycles. The number of aliphatic imine (C=N–C) groups is 2. The van der Waals surface area contributed by atoms with Gasteiger partial charge in [-0.05, 0) is 80.8 Å². The van der Waals surface area contributed by atoms with E-state index in [0.29, 0.717) is 5.84 Å². The summed E-state index contributed by atoms with van der Waals surface area (Å²) in [5, 5.41) is 15.8. The molecule has 1 unspecified atom stereocenters. The van der Waals surface area contributed by atoms with Crippen molar-refractivity contribution in [1.29, 1.82) is 0 Å². The minimum Gasteiger partial charge on any atom is -0.331 e. The highest BCUT2D eigenvalue weighted by atomic mass is 15.3. The standard InChI is InChI=1S/C51H33N5/c1-3-13-34-27-38(23-21-32(34)11-1)49-52-50(39-24-22-33-12-2-4-14-35(33)28-39)54-51(53-49)56-47-30-37-16-6-5-15-36(37)29-44(47)43-26-25-40(31-48(43)56)55-45-19-9-7-17-41(45)42-18-8-10-20-46(42)55/h1-31,51H,(H,52,53,54). The zero-order valence-electron chi connectivity index (χ0n) is 30.3. The van der Waals surface area contributed by atoms with E-state index in [1.807, 2.05) is 0 Å². The van der Waals surface area contributed by atoms with Gasteiger partial charge < -0.3 is 14.5 Å². The lowest BCUT2D eigenvalue weighted by Crippen LogP contribution is -2.36. The molecule has 0 spiro atoms. The summed E-state index contributed by atoms with van der Waals surface area (Å²) >= 11 is 0. The van der Waals surface area contributed by atoms with Crippen LogP contribution in [-0.4, -0.2) is 20.8 Å². The van der Waals surface area contributed by atoms with E-state index in [-0.39, 0.29) is 0 Å². The van der Waals surface area contributed by atoms with Crippen molar-refractivity contribution in [2.24, 2.45) is 9.98 Å². The van der Waals surface area contributed by atoms with Gasteiger partial charge in [-0.3, -0.25) is 0 Å². The smallest absolute Gasteiger partial charge is 0.204 e. The second-order valence-electron chi connectivity index (χ2n) is 14.7. The number of para-hydroxylation sites is 2. The Morgan fingerprint density at radius 3 is 1.59 bits per heavy atom. The molecule has 5 nitrogen and oxygen atoms in total. The first-order valence-corrected chi connectivity index (χ1v) is 19.1. The summed E-state index contributed by atoms with van der Waals surface area (Å²) in [5.74, 6) is 1.48. The van der Waals surface area contributed by atoms with E-state index in [0.717, 1.165) is 39.1 Å². The molecule has 0 radical (unpaired) electrons. The Labute approximate surface area is 322 Å². The molecular formula is C51H33N5. The quantitative estimate of drug-likeness (QED) is 0.194. The molecule has 0 aliphatic carbocycles. The van der Waals surface area contributed by atoms with Crippen molar-refractivity contribution in [3.63, 3.8) is 0 Å². The Kier molecular flexibility index (Phi) is 6.63. The van der Waals surface area contributed by atoms with Crippen LogP contribution in [0, 0.1) is 0 Å². The molecule has 5 heteroatoms. The summed E-state index contributed by atoms with van der Waals surface area (Å²) in [5.41, 5.74) is 7.65. The molecule has 262 valence electrons. The molecule has 56 heavy (non-hydrogen) atoms. The predicted molar refractivity (Wildman–Crippen MR) is 234 cm³/mol. The fraction of sp³-hybridized carbons (Fsp3) is 0.0196. The van der Waals surface area contributed by atoms with Crippen LogP contribution >= 0.6 is 0 Å². The van der Waals surface area contributed by atoms with Crippen molar-refractivity contribution in [3.05, 3.63) is 199 Å². The van der Waals surface area contributed by atoms with E-state index in [4.69, 9.17) is 9.98 Å². The van der Waals surface area contributed by atoms with Gasteiger partial charge in [0.2, 0.25) is 6.29 Å². The van der Waals surface area contributed by atoms with E-state index in [1.165, 1.54) is 59.5 Å². The van der Waals surface area contributed by atoms with Crippen LogP contribution in [0.25, 0.3) is 81.6 Å². The first kappa shape index (κ1) is 30.9. The van der Waals surface area contributed by atoms with Gasteiger partial charge in [-0.25, -0.2) is 9.98 Å². The Morgan fingerprint density at radius 1 is 0.393 bits per heavy atom. The molecule has 1 N–H and O–H groups in total. The number of hydrogen-bond acceptors (Lipinski definition) is 3. The molecule has 12 rings (SSSR count). The van der Waals surface area contributed by atoms with Crippen molar-refractivity contribution in [2.45, 2.75) is 6.29 Å². The number of benzene rings is 9. The van der Waals surface area contributed by atoms with Gasteiger partial charge in [0.1, 0.15) is 5.84 Å². The third kappa shape index (κ3) is 4.74. The summed E-state index contributed by atoms with van der Waals surface area (Å²) in [7, 11) is 0. The van der Waals surface area contributed by atoms with Crippen molar-refractivity contribution < 1.29 is 0 Å². The maximum Gasteiger partial charge on any atom is 0.204 e. The molecule has 0 saturated heterocycles. The van der Waals surface area contributed by atoms with Crippen LogP contribution < -0.4 is 5.32 Å².